The van der Waals surface area contributed by atoms with E-state index in [4.69, 9.17) is 18.9 Å². The molecule has 11 heteroatoms. The number of rotatable bonds is 13. The molecular formula is C30H34BrNO9. The number of halogens is 1. The first-order valence-corrected chi connectivity index (χ1v) is 14.2. The minimum absolute atomic E-state index is 0.00456. The number of amides is 2. The van der Waals surface area contributed by atoms with Crippen molar-refractivity contribution in [2.45, 2.75) is 50.4 Å². The summed E-state index contributed by atoms with van der Waals surface area (Å²) in [4.78, 5) is 39.8. The summed E-state index contributed by atoms with van der Waals surface area (Å²) in [6, 6.07) is 18.0. The second-order valence-electron chi connectivity index (χ2n) is 10.00. The van der Waals surface area contributed by atoms with Crippen LogP contribution in [0.3, 0.4) is 0 Å². The average Bonchev–Trinajstić information content (AvgIpc) is 3.38. The molecule has 2 heterocycles. The van der Waals surface area contributed by atoms with Crippen molar-refractivity contribution in [2.75, 3.05) is 26.4 Å². The Hall–Kier alpha value is -2.93. The van der Waals surface area contributed by atoms with Crippen LogP contribution in [0.25, 0.3) is 0 Å². The normalized spacial score (nSPS) is 24.1. The lowest BCUT2D eigenvalue weighted by molar-refractivity contribution is -0.218. The highest BCUT2D eigenvalue weighted by molar-refractivity contribution is 9.11. The zero-order valence-corrected chi connectivity index (χ0v) is 24.3. The van der Waals surface area contributed by atoms with Crippen LogP contribution in [0.2, 0.25) is 0 Å². The van der Waals surface area contributed by atoms with Gasteiger partial charge in [0.15, 0.2) is 11.6 Å². The van der Waals surface area contributed by atoms with Gasteiger partial charge in [0.25, 0.3) is 0 Å². The molecule has 0 bridgehead atoms. The van der Waals surface area contributed by atoms with Gasteiger partial charge >= 0.3 is 6.09 Å². The van der Waals surface area contributed by atoms with E-state index < -0.39 is 47.7 Å². The van der Waals surface area contributed by atoms with E-state index in [1.165, 1.54) is 13.0 Å². The van der Waals surface area contributed by atoms with Crippen molar-refractivity contribution in [1.82, 2.24) is 4.90 Å². The highest BCUT2D eigenvalue weighted by Gasteiger charge is 2.48. The highest BCUT2D eigenvalue weighted by atomic mass is 79.9. The molecule has 0 unspecified atom stereocenters. The molecule has 220 valence electrons. The van der Waals surface area contributed by atoms with E-state index in [1.807, 2.05) is 36.4 Å². The standard InChI is InChI=1S/C30H34BrNO9/c1-20(28(35)32-24(19-40-29(32)36)22-11-6-3-7-12-22)27-25(34)15-26(31)30(37,41-27)13-8-14-38-18-23(16-33)39-17-21-9-4-2-5-10-21/h2-7,9-12,15,20,23-24,27,33,37H,8,13-14,16-19H2,1H3/t20-,23+,24+,27-,30+/m0/s1. The number of carbonyl (C=O) groups is 3. The van der Waals surface area contributed by atoms with E-state index in [1.54, 1.807) is 24.3 Å². The summed E-state index contributed by atoms with van der Waals surface area (Å²) in [5.74, 6) is -4.10. The van der Waals surface area contributed by atoms with Gasteiger partial charge < -0.3 is 29.2 Å². The van der Waals surface area contributed by atoms with Crippen LogP contribution in [0.4, 0.5) is 4.79 Å². The van der Waals surface area contributed by atoms with E-state index in [0.717, 1.165) is 16.0 Å². The van der Waals surface area contributed by atoms with Crippen LogP contribution in [0.5, 0.6) is 0 Å². The summed E-state index contributed by atoms with van der Waals surface area (Å²) >= 11 is 3.23. The third-order valence-electron chi connectivity index (χ3n) is 7.02. The third kappa shape index (κ3) is 7.68. The van der Waals surface area contributed by atoms with Crippen molar-refractivity contribution in [2.24, 2.45) is 5.92 Å². The fourth-order valence-corrected chi connectivity index (χ4v) is 5.19. The molecule has 0 spiro atoms. The van der Waals surface area contributed by atoms with Crippen molar-refractivity contribution >= 4 is 33.7 Å². The maximum Gasteiger partial charge on any atom is 0.417 e. The van der Waals surface area contributed by atoms with Crippen LogP contribution in [-0.4, -0.2) is 77.3 Å². The van der Waals surface area contributed by atoms with E-state index in [2.05, 4.69) is 15.9 Å². The molecule has 4 rings (SSSR count). The van der Waals surface area contributed by atoms with Crippen molar-refractivity contribution in [3.8, 4) is 0 Å². The Morgan fingerprint density at radius 2 is 1.83 bits per heavy atom. The van der Waals surface area contributed by atoms with Gasteiger partial charge in [-0.3, -0.25) is 9.59 Å². The molecule has 2 aromatic carbocycles. The Balaban J connectivity index is 1.31. The van der Waals surface area contributed by atoms with E-state index in [0.29, 0.717) is 13.0 Å². The van der Waals surface area contributed by atoms with Crippen LogP contribution in [0, 0.1) is 5.92 Å². The van der Waals surface area contributed by atoms with Crippen LogP contribution < -0.4 is 0 Å². The first-order valence-electron chi connectivity index (χ1n) is 13.4. The molecule has 0 saturated carbocycles. The van der Waals surface area contributed by atoms with E-state index >= 15 is 0 Å². The number of aliphatic hydroxyl groups is 2. The van der Waals surface area contributed by atoms with Gasteiger partial charge in [-0.05, 0) is 39.6 Å². The number of carbonyl (C=O) groups excluding carboxylic acids is 3. The molecule has 2 aromatic rings. The fraction of sp³-hybridized carbons (Fsp3) is 0.433. The monoisotopic (exact) mass is 631 g/mol. The summed E-state index contributed by atoms with van der Waals surface area (Å²) in [6.07, 6.45) is -1.02. The van der Waals surface area contributed by atoms with E-state index in [-0.39, 0.29) is 37.3 Å². The molecule has 5 atom stereocenters. The Labute approximate surface area is 247 Å². The van der Waals surface area contributed by atoms with E-state index in [9.17, 15) is 24.6 Å². The van der Waals surface area contributed by atoms with Gasteiger partial charge in [-0.25, -0.2) is 9.69 Å². The van der Waals surface area contributed by atoms with Gasteiger partial charge in [0.2, 0.25) is 5.91 Å². The number of aliphatic hydroxyl groups excluding tert-OH is 1. The maximum atomic E-state index is 13.4. The number of nitrogens with zero attached hydrogens (tertiary/aromatic N) is 1. The maximum absolute atomic E-state index is 13.4. The van der Waals surface area contributed by atoms with Gasteiger partial charge in [0, 0.05) is 13.0 Å². The number of ketones is 1. The average molecular weight is 633 g/mol. The zero-order chi connectivity index (χ0) is 29.4. The van der Waals surface area contributed by atoms with Crippen LogP contribution >= 0.6 is 15.9 Å². The topological polar surface area (TPSA) is 132 Å². The third-order valence-corrected chi connectivity index (χ3v) is 7.87. The molecule has 1 saturated heterocycles. The highest BCUT2D eigenvalue weighted by Crippen LogP contribution is 2.37. The van der Waals surface area contributed by atoms with Gasteiger partial charge in [-0.1, -0.05) is 67.6 Å². The van der Waals surface area contributed by atoms with Gasteiger partial charge in [-0.2, -0.15) is 0 Å². The molecule has 2 amide bonds. The smallest absolute Gasteiger partial charge is 0.417 e. The summed E-state index contributed by atoms with van der Waals surface area (Å²) in [5.41, 5.74) is 1.70. The number of benzene rings is 2. The minimum atomic E-state index is -1.87. The number of cyclic esters (lactones) is 1. The molecule has 0 aliphatic carbocycles. The molecule has 2 aliphatic heterocycles. The van der Waals surface area contributed by atoms with Crippen molar-refractivity contribution in [3.63, 3.8) is 0 Å². The first-order chi connectivity index (χ1) is 19.7. The molecule has 41 heavy (non-hydrogen) atoms. The molecule has 2 N–H and O–H groups in total. The molecule has 10 nitrogen and oxygen atoms in total. The predicted molar refractivity (Wildman–Crippen MR) is 151 cm³/mol. The van der Waals surface area contributed by atoms with Crippen LogP contribution in [0.15, 0.2) is 71.2 Å². The quantitative estimate of drug-likeness (QED) is 0.318. The number of hydrogen-bond donors (Lipinski definition) is 2. The molecule has 0 radical (unpaired) electrons. The lowest BCUT2D eigenvalue weighted by Crippen LogP contribution is -2.51. The summed E-state index contributed by atoms with van der Waals surface area (Å²) in [6.45, 7) is 2.00. The fourth-order valence-electron chi connectivity index (χ4n) is 4.68. The zero-order valence-electron chi connectivity index (χ0n) is 22.7. The summed E-state index contributed by atoms with van der Waals surface area (Å²) in [7, 11) is 0. The Kier molecular flexibility index (Phi) is 10.8. The predicted octanol–water partition coefficient (Wildman–Crippen LogP) is 3.65. The van der Waals surface area contributed by atoms with Crippen molar-refractivity contribution in [1.29, 1.82) is 0 Å². The molecule has 0 aromatic heterocycles. The van der Waals surface area contributed by atoms with Gasteiger partial charge in [0.1, 0.15) is 24.9 Å². The lowest BCUT2D eigenvalue weighted by atomic mass is 9.93. The Morgan fingerprint density at radius 1 is 1.15 bits per heavy atom. The second kappa shape index (κ2) is 14.3. The molecule has 1 fully saturated rings. The molecule has 2 aliphatic rings. The summed E-state index contributed by atoms with van der Waals surface area (Å²) in [5, 5.41) is 20.8. The number of ether oxygens (including phenoxy) is 4. The van der Waals surface area contributed by atoms with Crippen molar-refractivity contribution in [3.05, 3.63) is 82.3 Å². The summed E-state index contributed by atoms with van der Waals surface area (Å²) < 4.78 is 22.5. The SMILES string of the molecule is C[C@H](C(=O)N1C(=O)OC[C@@H]1c1ccccc1)[C@@H]1O[C@](O)(CCCOC[C@@H](CO)OCc2ccccc2)C(Br)=CC1=O. The minimum Gasteiger partial charge on any atom is -0.446 e. The number of hydrogen-bond acceptors (Lipinski definition) is 9. The number of imide groups is 1. The second-order valence-corrected chi connectivity index (χ2v) is 10.9. The lowest BCUT2D eigenvalue weighted by Gasteiger charge is -2.37. The Morgan fingerprint density at radius 3 is 2.51 bits per heavy atom. The largest absolute Gasteiger partial charge is 0.446 e. The van der Waals surface area contributed by atoms with Gasteiger partial charge in [-0.15, -0.1) is 0 Å². The van der Waals surface area contributed by atoms with Crippen molar-refractivity contribution < 1.29 is 43.5 Å². The van der Waals surface area contributed by atoms with Crippen LogP contribution in [0.1, 0.15) is 36.9 Å². The molecular weight excluding hydrogens is 598 g/mol. The first kappa shape index (κ1) is 31.0. The van der Waals surface area contributed by atoms with Crippen LogP contribution in [-0.2, 0) is 35.1 Å². The van der Waals surface area contributed by atoms with Gasteiger partial charge in [0.05, 0.1) is 30.2 Å². The Bertz CT molecular complexity index is 1220.